The third-order valence-electron chi connectivity index (χ3n) is 3.93. The zero-order valence-corrected chi connectivity index (χ0v) is 12.6. The molecule has 0 radical (unpaired) electrons. The summed E-state index contributed by atoms with van der Waals surface area (Å²) in [5, 5.41) is 0. The molecule has 2 nitrogen and oxygen atoms in total. The molecular weight excluding hydrogens is 212 g/mol. The molecule has 0 fully saturated rings. The minimum Gasteiger partial charge on any atom is -0.353 e. The highest BCUT2D eigenvalue weighted by atomic mass is 16.7. The summed E-state index contributed by atoms with van der Waals surface area (Å²) in [6.07, 6.45) is 10.2. The standard InChI is InChI=1S/C15H32O2/c1-6-8-9-10-11-12-13-14(3)15(7-2,16-4)17-5/h14H,6-13H2,1-5H3. The van der Waals surface area contributed by atoms with E-state index in [4.69, 9.17) is 9.47 Å². The first-order valence-electron chi connectivity index (χ1n) is 7.27. The van der Waals surface area contributed by atoms with E-state index in [1.807, 2.05) is 0 Å². The van der Waals surface area contributed by atoms with Crippen LogP contribution in [-0.2, 0) is 9.47 Å². The van der Waals surface area contributed by atoms with Gasteiger partial charge in [-0.1, -0.05) is 59.3 Å². The summed E-state index contributed by atoms with van der Waals surface area (Å²) in [6, 6.07) is 0. The number of ether oxygens (including phenoxy) is 2. The van der Waals surface area contributed by atoms with E-state index in [9.17, 15) is 0 Å². The molecule has 0 aliphatic heterocycles. The number of methoxy groups -OCH3 is 2. The van der Waals surface area contributed by atoms with E-state index in [-0.39, 0.29) is 5.79 Å². The molecule has 0 aromatic rings. The lowest BCUT2D eigenvalue weighted by Gasteiger charge is -2.35. The molecule has 0 amide bonds. The second kappa shape index (κ2) is 9.90. The van der Waals surface area contributed by atoms with Gasteiger partial charge in [-0.15, -0.1) is 0 Å². The molecule has 0 bridgehead atoms. The van der Waals surface area contributed by atoms with E-state index in [2.05, 4.69) is 20.8 Å². The van der Waals surface area contributed by atoms with Gasteiger partial charge in [0.15, 0.2) is 5.79 Å². The predicted molar refractivity (Wildman–Crippen MR) is 74.2 cm³/mol. The summed E-state index contributed by atoms with van der Waals surface area (Å²) in [6.45, 7) is 6.63. The van der Waals surface area contributed by atoms with Gasteiger partial charge in [0.2, 0.25) is 0 Å². The van der Waals surface area contributed by atoms with Crippen molar-refractivity contribution in [3.8, 4) is 0 Å². The third-order valence-corrected chi connectivity index (χ3v) is 3.93. The molecule has 0 aromatic heterocycles. The SMILES string of the molecule is CCCCCCCCC(C)C(CC)(OC)OC. The highest BCUT2D eigenvalue weighted by molar-refractivity contribution is 4.74. The monoisotopic (exact) mass is 244 g/mol. The molecule has 104 valence electrons. The molecule has 0 aliphatic carbocycles. The van der Waals surface area contributed by atoms with Gasteiger partial charge in [-0.25, -0.2) is 0 Å². The molecule has 0 aromatic carbocycles. The fourth-order valence-corrected chi connectivity index (χ4v) is 2.57. The Morgan fingerprint density at radius 3 is 1.88 bits per heavy atom. The lowest BCUT2D eigenvalue weighted by atomic mass is 9.91. The molecule has 0 N–H and O–H groups in total. The largest absolute Gasteiger partial charge is 0.353 e. The van der Waals surface area contributed by atoms with Crippen LogP contribution in [0.15, 0.2) is 0 Å². The molecule has 17 heavy (non-hydrogen) atoms. The molecule has 0 heterocycles. The molecule has 0 rings (SSSR count). The number of rotatable bonds is 11. The van der Waals surface area contributed by atoms with Crippen molar-refractivity contribution < 1.29 is 9.47 Å². The smallest absolute Gasteiger partial charge is 0.169 e. The molecule has 1 atom stereocenters. The van der Waals surface area contributed by atoms with Gasteiger partial charge in [-0.2, -0.15) is 0 Å². The Bertz CT molecular complexity index is 156. The first-order valence-corrected chi connectivity index (χ1v) is 7.27. The van der Waals surface area contributed by atoms with Crippen LogP contribution in [0.1, 0.15) is 72.1 Å². The summed E-state index contributed by atoms with van der Waals surface area (Å²) in [4.78, 5) is 0. The van der Waals surface area contributed by atoms with Crippen LogP contribution in [0, 0.1) is 5.92 Å². The Hall–Kier alpha value is -0.0800. The molecule has 0 aliphatic rings. The molecular formula is C15H32O2. The highest BCUT2D eigenvalue weighted by Crippen LogP contribution is 2.30. The number of hydrogen-bond donors (Lipinski definition) is 0. The van der Waals surface area contributed by atoms with Crippen LogP contribution in [0.4, 0.5) is 0 Å². The Balaban J connectivity index is 3.79. The van der Waals surface area contributed by atoms with Gasteiger partial charge < -0.3 is 9.47 Å². The van der Waals surface area contributed by atoms with Crippen molar-refractivity contribution in [2.75, 3.05) is 14.2 Å². The van der Waals surface area contributed by atoms with E-state index >= 15 is 0 Å². The maximum Gasteiger partial charge on any atom is 0.169 e. The predicted octanol–water partition coefficient (Wildman–Crippen LogP) is 4.77. The summed E-state index contributed by atoms with van der Waals surface area (Å²) < 4.78 is 11.1. The summed E-state index contributed by atoms with van der Waals surface area (Å²) in [7, 11) is 3.51. The van der Waals surface area contributed by atoms with E-state index < -0.39 is 0 Å². The minimum absolute atomic E-state index is 0.372. The van der Waals surface area contributed by atoms with Crippen LogP contribution in [0.3, 0.4) is 0 Å². The van der Waals surface area contributed by atoms with Crippen molar-refractivity contribution in [2.24, 2.45) is 5.92 Å². The summed E-state index contributed by atoms with van der Waals surface area (Å²) in [5.74, 6) is 0.0948. The molecule has 0 saturated heterocycles. The van der Waals surface area contributed by atoms with Gasteiger partial charge in [0.25, 0.3) is 0 Å². The minimum atomic E-state index is -0.372. The molecule has 0 saturated carbocycles. The fourth-order valence-electron chi connectivity index (χ4n) is 2.57. The van der Waals surface area contributed by atoms with Gasteiger partial charge in [0, 0.05) is 20.1 Å². The van der Waals surface area contributed by atoms with Crippen molar-refractivity contribution >= 4 is 0 Å². The lowest BCUT2D eigenvalue weighted by molar-refractivity contribution is -0.239. The zero-order chi connectivity index (χ0) is 13.1. The van der Waals surface area contributed by atoms with Crippen LogP contribution in [0.25, 0.3) is 0 Å². The maximum absolute atomic E-state index is 5.57. The van der Waals surface area contributed by atoms with Crippen molar-refractivity contribution in [2.45, 2.75) is 77.9 Å². The highest BCUT2D eigenvalue weighted by Gasteiger charge is 2.33. The summed E-state index contributed by atoms with van der Waals surface area (Å²) >= 11 is 0. The Kier molecular flexibility index (Phi) is 9.85. The van der Waals surface area contributed by atoms with Crippen molar-refractivity contribution in [3.05, 3.63) is 0 Å². The number of hydrogen-bond acceptors (Lipinski definition) is 2. The van der Waals surface area contributed by atoms with Crippen LogP contribution in [0.2, 0.25) is 0 Å². The van der Waals surface area contributed by atoms with Crippen LogP contribution < -0.4 is 0 Å². The van der Waals surface area contributed by atoms with Gasteiger partial charge in [-0.05, 0) is 12.8 Å². The topological polar surface area (TPSA) is 18.5 Å². The van der Waals surface area contributed by atoms with Crippen molar-refractivity contribution in [1.82, 2.24) is 0 Å². The average molecular weight is 244 g/mol. The fraction of sp³-hybridized carbons (Fsp3) is 1.00. The van der Waals surface area contributed by atoms with E-state index in [0.717, 1.165) is 6.42 Å². The van der Waals surface area contributed by atoms with E-state index in [0.29, 0.717) is 5.92 Å². The van der Waals surface area contributed by atoms with Gasteiger partial charge in [-0.3, -0.25) is 0 Å². The van der Waals surface area contributed by atoms with Crippen LogP contribution >= 0.6 is 0 Å². The first kappa shape index (κ1) is 16.9. The van der Waals surface area contributed by atoms with Crippen molar-refractivity contribution in [3.63, 3.8) is 0 Å². The average Bonchev–Trinajstić information content (AvgIpc) is 2.36. The molecule has 1 unspecified atom stereocenters. The van der Waals surface area contributed by atoms with Gasteiger partial charge >= 0.3 is 0 Å². The summed E-state index contributed by atoms with van der Waals surface area (Å²) in [5.41, 5.74) is 0. The Labute approximate surface area is 108 Å². The van der Waals surface area contributed by atoms with Crippen molar-refractivity contribution in [1.29, 1.82) is 0 Å². The first-order chi connectivity index (χ1) is 8.16. The Morgan fingerprint density at radius 2 is 1.41 bits per heavy atom. The molecule has 0 spiro atoms. The van der Waals surface area contributed by atoms with E-state index in [1.165, 1.54) is 44.9 Å². The normalized spacial score (nSPS) is 13.9. The second-order valence-electron chi connectivity index (χ2n) is 5.03. The van der Waals surface area contributed by atoms with Gasteiger partial charge in [0.05, 0.1) is 0 Å². The molecule has 2 heteroatoms. The third kappa shape index (κ3) is 5.87. The quantitative estimate of drug-likeness (QED) is 0.385. The van der Waals surface area contributed by atoms with Crippen LogP contribution in [0.5, 0.6) is 0 Å². The van der Waals surface area contributed by atoms with E-state index in [1.54, 1.807) is 14.2 Å². The Morgan fingerprint density at radius 1 is 0.882 bits per heavy atom. The zero-order valence-electron chi connectivity index (χ0n) is 12.6. The maximum atomic E-state index is 5.57. The number of unbranched alkanes of at least 4 members (excludes halogenated alkanes) is 5. The van der Waals surface area contributed by atoms with Crippen LogP contribution in [-0.4, -0.2) is 20.0 Å². The second-order valence-corrected chi connectivity index (χ2v) is 5.03. The van der Waals surface area contributed by atoms with Gasteiger partial charge in [0.1, 0.15) is 0 Å². The lowest BCUT2D eigenvalue weighted by Crippen LogP contribution is -2.40.